The normalized spacial score (nSPS) is 12.0. The number of nitrogens with zero attached hydrogens (tertiary/aromatic N) is 1. The molecule has 6 heteroatoms. The lowest BCUT2D eigenvalue weighted by molar-refractivity contribution is -0.141. The fourth-order valence-corrected chi connectivity index (χ4v) is 4.07. The van der Waals surface area contributed by atoms with Crippen LogP contribution in [0.2, 0.25) is 5.02 Å². The molecule has 0 fully saturated rings. The summed E-state index contributed by atoms with van der Waals surface area (Å²) in [5, 5.41) is 3.66. The highest BCUT2D eigenvalue weighted by molar-refractivity contribution is 6.30. The van der Waals surface area contributed by atoms with Gasteiger partial charge in [0.15, 0.2) is 0 Å². The quantitative estimate of drug-likeness (QED) is 0.432. The smallest absolute Gasteiger partial charge is 0.243 e. The Morgan fingerprint density at radius 2 is 1.57 bits per heavy atom. The summed E-state index contributed by atoms with van der Waals surface area (Å²) in [5.41, 5.74) is 2.26. The monoisotopic (exact) mass is 492 g/mol. The van der Waals surface area contributed by atoms with Crippen LogP contribution in [0.3, 0.4) is 0 Å². The molecule has 184 valence electrons. The molecule has 2 amide bonds. The zero-order valence-corrected chi connectivity index (χ0v) is 21.5. The largest absolute Gasteiger partial charge is 0.497 e. The van der Waals surface area contributed by atoms with Crippen molar-refractivity contribution in [3.63, 3.8) is 0 Å². The fourth-order valence-electron chi connectivity index (χ4n) is 3.86. The molecule has 1 N–H and O–H groups in total. The number of carbonyl (C=O) groups excluding carboxylic acids is 2. The van der Waals surface area contributed by atoms with Crippen LogP contribution in [-0.4, -0.2) is 35.4 Å². The minimum Gasteiger partial charge on any atom is -0.497 e. The van der Waals surface area contributed by atoms with Crippen LogP contribution in [0, 0.1) is 0 Å². The summed E-state index contributed by atoms with van der Waals surface area (Å²) >= 11 is 6.23. The first-order valence-electron chi connectivity index (χ1n) is 11.7. The molecule has 0 saturated heterocycles. The minimum absolute atomic E-state index is 0.139. The van der Waals surface area contributed by atoms with Crippen LogP contribution in [0.5, 0.6) is 5.75 Å². The molecule has 3 aromatic carbocycles. The summed E-state index contributed by atoms with van der Waals surface area (Å²) in [6, 6.07) is 23.9. The lowest BCUT2D eigenvalue weighted by atomic mass is 10.00. The van der Waals surface area contributed by atoms with Crippen molar-refractivity contribution in [1.29, 1.82) is 0 Å². The van der Waals surface area contributed by atoms with Gasteiger partial charge >= 0.3 is 0 Å². The van der Waals surface area contributed by atoms with Crippen LogP contribution < -0.4 is 10.1 Å². The molecule has 3 aromatic rings. The highest BCUT2D eigenvalue weighted by atomic mass is 35.5. The Kier molecular flexibility index (Phi) is 8.94. The number of ether oxygens (including phenoxy) is 1. The number of halogens is 1. The van der Waals surface area contributed by atoms with E-state index in [0.29, 0.717) is 11.4 Å². The van der Waals surface area contributed by atoms with E-state index in [9.17, 15) is 9.59 Å². The number of carbonyl (C=O) groups is 2. The van der Waals surface area contributed by atoms with Gasteiger partial charge in [0.2, 0.25) is 11.8 Å². The second kappa shape index (κ2) is 11.9. The molecular weight excluding hydrogens is 460 g/mol. The van der Waals surface area contributed by atoms with E-state index >= 15 is 0 Å². The van der Waals surface area contributed by atoms with Crippen molar-refractivity contribution >= 4 is 23.4 Å². The molecule has 0 aliphatic carbocycles. The van der Waals surface area contributed by atoms with Crippen molar-refractivity contribution in [2.75, 3.05) is 7.11 Å². The van der Waals surface area contributed by atoms with E-state index in [-0.39, 0.29) is 24.8 Å². The summed E-state index contributed by atoms with van der Waals surface area (Å²) < 4.78 is 5.23. The first-order chi connectivity index (χ1) is 16.6. The molecule has 5 nitrogen and oxygen atoms in total. The van der Waals surface area contributed by atoms with Crippen molar-refractivity contribution < 1.29 is 14.3 Å². The summed E-state index contributed by atoms with van der Waals surface area (Å²) in [4.78, 5) is 29.0. The van der Waals surface area contributed by atoms with Gasteiger partial charge in [-0.25, -0.2) is 0 Å². The summed E-state index contributed by atoms with van der Waals surface area (Å²) in [6.07, 6.45) is 0.566. The van der Waals surface area contributed by atoms with Crippen LogP contribution in [-0.2, 0) is 29.0 Å². The molecule has 0 aliphatic rings. The average molecular weight is 493 g/mol. The Balaban J connectivity index is 1.97. The number of amides is 2. The van der Waals surface area contributed by atoms with Gasteiger partial charge in [0.1, 0.15) is 11.8 Å². The Labute approximate surface area is 213 Å². The maximum atomic E-state index is 13.7. The van der Waals surface area contributed by atoms with Crippen molar-refractivity contribution in [3.05, 3.63) is 101 Å². The van der Waals surface area contributed by atoms with Crippen LogP contribution >= 0.6 is 11.6 Å². The number of rotatable bonds is 9. The Bertz CT molecular complexity index is 1120. The molecule has 0 aliphatic heterocycles. The molecule has 35 heavy (non-hydrogen) atoms. The molecule has 0 saturated carbocycles. The highest BCUT2D eigenvalue weighted by Gasteiger charge is 2.32. The third-order valence-corrected chi connectivity index (χ3v) is 5.76. The van der Waals surface area contributed by atoms with Gasteiger partial charge in [-0.2, -0.15) is 0 Å². The SMILES string of the molecule is COc1ccc(CC(=O)N(Cc2cccc(Cl)c2)[C@@H](Cc2ccccc2)C(=O)NC(C)(C)C)cc1. The lowest BCUT2D eigenvalue weighted by Gasteiger charge is -2.34. The van der Waals surface area contributed by atoms with Crippen molar-refractivity contribution in [1.82, 2.24) is 10.2 Å². The second-order valence-corrected chi connectivity index (χ2v) is 10.1. The standard InChI is InChI=1S/C29H33ClN2O3/c1-29(2,3)31-28(34)26(18-21-9-6-5-7-10-21)32(20-23-11-8-12-24(30)17-23)27(33)19-22-13-15-25(35-4)16-14-22/h5-17,26H,18-20H2,1-4H3,(H,31,34)/t26-/m0/s1. The average Bonchev–Trinajstić information content (AvgIpc) is 2.81. The van der Waals surface area contributed by atoms with Crippen molar-refractivity contribution in [2.45, 2.75) is 51.7 Å². The molecule has 1 atom stereocenters. The maximum Gasteiger partial charge on any atom is 0.243 e. The summed E-state index contributed by atoms with van der Waals surface area (Å²) in [6.45, 7) is 6.07. The topological polar surface area (TPSA) is 58.6 Å². The van der Waals surface area contributed by atoms with E-state index in [1.54, 1.807) is 18.1 Å². The Morgan fingerprint density at radius 1 is 0.914 bits per heavy atom. The van der Waals surface area contributed by atoms with E-state index in [2.05, 4.69) is 5.32 Å². The zero-order valence-electron chi connectivity index (χ0n) is 20.8. The van der Waals surface area contributed by atoms with Crippen molar-refractivity contribution in [3.8, 4) is 5.75 Å². The Hall–Kier alpha value is -3.31. The molecule has 0 bridgehead atoms. The van der Waals surface area contributed by atoms with E-state index in [0.717, 1.165) is 22.4 Å². The third-order valence-electron chi connectivity index (χ3n) is 5.53. The summed E-state index contributed by atoms with van der Waals surface area (Å²) in [5.74, 6) is 0.398. The zero-order chi connectivity index (χ0) is 25.4. The first kappa shape index (κ1) is 26.3. The molecule has 0 aromatic heterocycles. The number of hydrogen-bond donors (Lipinski definition) is 1. The number of hydrogen-bond acceptors (Lipinski definition) is 3. The van der Waals surface area contributed by atoms with E-state index in [1.807, 2.05) is 93.6 Å². The van der Waals surface area contributed by atoms with E-state index in [4.69, 9.17) is 16.3 Å². The van der Waals surface area contributed by atoms with E-state index in [1.165, 1.54) is 0 Å². The molecule has 0 spiro atoms. The fraction of sp³-hybridized carbons (Fsp3) is 0.310. The highest BCUT2D eigenvalue weighted by Crippen LogP contribution is 2.20. The van der Waals surface area contributed by atoms with E-state index < -0.39 is 11.6 Å². The number of methoxy groups -OCH3 is 1. The molecule has 3 rings (SSSR count). The molecular formula is C29H33ClN2O3. The van der Waals surface area contributed by atoms with Crippen LogP contribution in [0.15, 0.2) is 78.9 Å². The number of benzene rings is 3. The van der Waals surface area contributed by atoms with Gasteiger partial charge in [0.25, 0.3) is 0 Å². The molecule has 0 heterocycles. The van der Waals surface area contributed by atoms with Crippen LogP contribution in [0.1, 0.15) is 37.5 Å². The van der Waals surface area contributed by atoms with Gasteiger partial charge in [-0.3, -0.25) is 9.59 Å². The predicted molar refractivity (Wildman–Crippen MR) is 141 cm³/mol. The minimum atomic E-state index is -0.693. The first-order valence-corrected chi connectivity index (χ1v) is 12.1. The van der Waals surface area contributed by atoms with Gasteiger partial charge in [0, 0.05) is 23.5 Å². The predicted octanol–water partition coefficient (Wildman–Crippen LogP) is 5.45. The van der Waals surface area contributed by atoms with Gasteiger partial charge in [-0.15, -0.1) is 0 Å². The van der Waals surface area contributed by atoms with Crippen LogP contribution in [0.25, 0.3) is 0 Å². The second-order valence-electron chi connectivity index (χ2n) is 9.62. The van der Waals surface area contributed by atoms with Crippen molar-refractivity contribution in [2.24, 2.45) is 0 Å². The van der Waals surface area contributed by atoms with Gasteiger partial charge in [0.05, 0.1) is 13.5 Å². The number of nitrogens with one attached hydrogen (secondary N) is 1. The summed E-state index contributed by atoms with van der Waals surface area (Å²) in [7, 11) is 1.61. The van der Waals surface area contributed by atoms with Gasteiger partial charge < -0.3 is 15.0 Å². The Morgan fingerprint density at radius 3 is 2.17 bits per heavy atom. The van der Waals surface area contributed by atoms with Crippen LogP contribution in [0.4, 0.5) is 0 Å². The molecule has 0 unspecified atom stereocenters. The van der Waals surface area contributed by atoms with Gasteiger partial charge in [-0.05, 0) is 61.7 Å². The van der Waals surface area contributed by atoms with Gasteiger partial charge in [-0.1, -0.05) is 66.2 Å². The molecule has 0 radical (unpaired) electrons. The maximum absolute atomic E-state index is 13.7. The lowest BCUT2D eigenvalue weighted by Crippen LogP contribution is -2.54. The third kappa shape index (κ3) is 8.15.